The predicted molar refractivity (Wildman–Crippen MR) is 68.0 cm³/mol. The predicted octanol–water partition coefficient (Wildman–Crippen LogP) is 3.40. The molecule has 15 heavy (non-hydrogen) atoms. The van der Waals surface area contributed by atoms with Gasteiger partial charge in [0, 0.05) is 6.54 Å². The van der Waals surface area contributed by atoms with Crippen LogP contribution in [-0.2, 0) is 0 Å². The van der Waals surface area contributed by atoms with Crippen LogP contribution in [0, 0.1) is 6.92 Å². The Bertz CT molecular complexity index is 309. The molecule has 0 bridgehead atoms. The lowest BCUT2D eigenvalue weighted by Gasteiger charge is -2.14. The maximum Gasteiger partial charge on any atom is 0.0140 e. The highest BCUT2D eigenvalue weighted by Gasteiger charge is 2.04. The van der Waals surface area contributed by atoms with Crippen LogP contribution >= 0.6 is 0 Å². The zero-order valence-electron chi connectivity index (χ0n) is 10.0. The fourth-order valence-corrected chi connectivity index (χ4v) is 1.65. The number of hydrogen-bond acceptors (Lipinski definition) is 1. The van der Waals surface area contributed by atoms with Crippen molar-refractivity contribution in [3.05, 3.63) is 41.5 Å². The molecule has 1 N–H and O–H groups in total. The van der Waals surface area contributed by atoms with Crippen LogP contribution in [0.15, 0.2) is 30.3 Å². The average Bonchev–Trinajstić information content (AvgIpc) is 2.34. The second kappa shape index (κ2) is 6.41. The van der Waals surface area contributed by atoms with E-state index in [9.17, 15) is 0 Å². The minimum Gasteiger partial charge on any atom is -0.313 e. The molecule has 1 aliphatic rings. The van der Waals surface area contributed by atoms with Crippen LogP contribution in [0.3, 0.4) is 0 Å². The second-order valence-corrected chi connectivity index (χ2v) is 3.55. The molecule has 0 fully saturated rings. The molecular weight excluding hydrogens is 182 g/mol. The maximum atomic E-state index is 3.32. The molecule has 82 valence electrons. The SMILES string of the molecule is CC.Cc1ccc(C2=CCNCC2)cc1. The number of hydrogen-bond donors (Lipinski definition) is 1. The summed E-state index contributed by atoms with van der Waals surface area (Å²) in [5, 5.41) is 3.32. The molecule has 1 heteroatoms. The van der Waals surface area contributed by atoms with E-state index in [0.29, 0.717) is 0 Å². The van der Waals surface area contributed by atoms with Crippen LogP contribution in [0.4, 0.5) is 0 Å². The largest absolute Gasteiger partial charge is 0.313 e. The van der Waals surface area contributed by atoms with Crippen LogP contribution in [-0.4, -0.2) is 13.1 Å². The van der Waals surface area contributed by atoms with Gasteiger partial charge in [0.2, 0.25) is 0 Å². The zero-order valence-corrected chi connectivity index (χ0v) is 10.0. The molecule has 0 spiro atoms. The molecule has 1 aromatic carbocycles. The van der Waals surface area contributed by atoms with E-state index in [0.717, 1.165) is 19.5 Å². The van der Waals surface area contributed by atoms with E-state index in [-0.39, 0.29) is 0 Å². The van der Waals surface area contributed by atoms with Crippen molar-refractivity contribution in [3.63, 3.8) is 0 Å². The third kappa shape index (κ3) is 3.52. The van der Waals surface area contributed by atoms with Gasteiger partial charge in [-0.15, -0.1) is 0 Å². The van der Waals surface area contributed by atoms with Gasteiger partial charge in [-0.1, -0.05) is 49.8 Å². The molecule has 1 aliphatic heterocycles. The molecule has 1 aromatic rings. The summed E-state index contributed by atoms with van der Waals surface area (Å²) in [6.07, 6.45) is 3.44. The molecule has 0 aliphatic carbocycles. The Morgan fingerprint density at radius 1 is 1.07 bits per heavy atom. The van der Waals surface area contributed by atoms with Crippen molar-refractivity contribution >= 4 is 5.57 Å². The normalized spacial score (nSPS) is 15.0. The fraction of sp³-hybridized carbons (Fsp3) is 0.429. The standard InChI is InChI=1S/C12H15N.C2H6/c1-10-2-4-11(5-3-10)12-6-8-13-9-7-12;1-2/h2-6,13H,7-9H2,1H3;1-2H3. The molecular formula is C14H21N. The van der Waals surface area contributed by atoms with E-state index in [2.05, 4.69) is 42.6 Å². The van der Waals surface area contributed by atoms with E-state index in [1.165, 1.54) is 16.7 Å². The first-order valence-electron chi connectivity index (χ1n) is 5.83. The van der Waals surface area contributed by atoms with Gasteiger partial charge in [-0.2, -0.15) is 0 Å². The van der Waals surface area contributed by atoms with E-state index in [4.69, 9.17) is 0 Å². The first-order chi connectivity index (χ1) is 7.36. The van der Waals surface area contributed by atoms with E-state index in [1.54, 1.807) is 0 Å². The van der Waals surface area contributed by atoms with Crippen molar-refractivity contribution in [3.8, 4) is 0 Å². The minimum absolute atomic E-state index is 1.02. The summed E-state index contributed by atoms with van der Waals surface area (Å²) in [6, 6.07) is 8.79. The summed E-state index contributed by atoms with van der Waals surface area (Å²) >= 11 is 0. The topological polar surface area (TPSA) is 12.0 Å². The van der Waals surface area contributed by atoms with Gasteiger partial charge in [0.05, 0.1) is 0 Å². The van der Waals surface area contributed by atoms with E-state index < -0.39 is 0 Å². The Hall–Kier alpha value is -1.08. The second-order valence-electron chi connectivity index (χ2n) is 3.55. The number of nitrogens with one attached hydrogen (secondary N) is 1. The lowest BCUT2D eigenvalue weighted by molar-refractivity contribution is 0.738. The van der Waals surface area contributed by atoms with Gasteiger partial charge in [0.1, 0.15) is 0 Å². The fourth-order valence-electron chi connectivity index (χ4n) is 1.65. The highest BCUT2D eigenvalue weighted by Crippen LogP contribution is 2.19. The van der Waals surface area contributed by atoms with Crippen LogP contribution in [0.25, 0.3) is 5.57 Å². The van der Waals surface area contributed by atoms with Gasteiger partial charge in [-0.05, 0) is 31.0 Å². The summed E-state index contributed by atoms with van der Waals surface area (Å²) in [5.41, 5.74) is 4.20. The third-order valence-electron chi connectivity index (χ3n) is 2.49. The first kappa shape index (κ1) is 12.0. The molecule has 0 aromatic heterocycles. The molecule has 1 heterocycles. The highest BCUT2D eigenvalue weighted by atomic mass is 14.8. The Morgan fingerprint density at radius 3 is 2.27 bits per heavy atom. The monoisotopic (exact) mass is 203 g/mol. The van der Waals surface area contributed by atoms with Crippen molar-refractivity contribution in [2.45, 2.75) is 27.2 Å². The Balaban J connectivity index is 0.000000531. The molecule has 0 saturated carbocycles. The number of rotatable bonds is 1. The van der Waals surface area contributed by atoms with Gasteiger partial charge in [-0.25, -0.2) is 0 Å². The number of benzene rings is 1. The summed E-state index contributed by atoms with van der Waals surface area (Å²) in [5.74, 6) is 0. The van der Waals surface area contributed by atoms with Crippen molar-refractivity contribution in [1.82, 2.24) is 5.32 Å². The molecule has 0 atom stereocenters. The summed E-state index contributed by atoms with van der Waals surface area (Å²) in [7, 11) is 0. The lowest BCUT2D eigenvalue weighted by atomic mass is 9.99. The van der Waals surface area contributed by atoms with Crippen molar-refractivity contribution in [2.75, 3.05) is 13.1 Å². The quantitative estimate of drug-likeness (QED) is 0.737. The van der Waals surface area contributed by atoms with Crippen molar-refractivity contribution < 1.29 is 0 Å². The Kier molecular flexibility index (Phi) is 5.13. The first-order valence-corrected chi connectivity index (χ1v) is 5.83. The molecule has 1 nitrogen and oxygen atoms in total. The van der Waals surface area contributed by atoms with Gasteiger partial charge in [0.25, 0.3) is 0 Å². The summed E-state index contributed by atoms with van der Waals surface area (Å²) < 4.78 is 0. The van der Waals surface area contributed by atoms with E-state index >= 15 is 0 Å². The van der Waals surface area contributed by atoms with Crippen LogP contribution in [0.1, 0.15) is 31.4 Å². The van der Waals surface area contributed by atoms with Crippen LogP contribution < -0.4 is 5.32 Å². The summed E-state index contributed by atoms with van der Waals surface area (Å²) in [4.78, 5) is 0. The molecule has 0 radical (unpaired) electrons. The zero-order chi connectivity index (χ0) is 11.1. The van der Waals surface area contributed by atoms with E-state index in [1.807, 2.05) is 13.8 Å². The van der Waals surface area contributed by atoms with Gasteiger partial charge in [0.15, 0.2) is 0 Å². The smallest absolute Gasteiger partial charge is 0.0140 e. The molecule has 2 rings (SSSR count). The Labute approximate surface area is 93.2 Å². The molecule has 0 amide bonds. The maximum absolute atomic E-state index is 3.32. The molecule has 0 unspecified atom stereocenters. The minimum atomic E-state index is 1.02. The van der Waals surface area contributed by atoms with Crippen molar-refractivity contribution in [1.29, 1.82) is 0 Å². The Morgan fingerprint density at radius 2 is 1.73 bits per heavy atom. The summed E-state index contributed by atoms with van der Waals surface area (Å²) in [6.45, 7) is 8.25. The van der Waals surface area contributed by atoms with Gasteiger partial charge in [-0.3, -0.25) is 0 Å². The van der Waals surface area contributed by atoms with Crippen LogP contribution in [0.2, 0.25) is 0 Å². The van der Waals surface area contributed by atoms with Crippen LogP contribution in [0.5, 0.6) is 0 Å². The third-order valence-corrected chi connectivity index (χ3v) is 2.49. The lowest BCUT2D eigenvalue weighted by Crippen LogP contribution is -2.19. The van der Waals surface area contributed by atoms with Crippen molar-refractivity contribution in [2.24, 2.45) is 0 Å². The molecule has 0 saturated heterocycles. The van der Waals surface area contributed by atoms with Gasteiger partial charge < -0.3 is 5.32 Å². The highest BCUT2D eigenvalue weighted by molar-refractivity contribution is 5.66. The average molecular weight is 203 g/mol. The van der Waals surface area contributed by atoms with Gasteiger partial charge >= 0.3 is 0 Å². The number of aryl methyl sites for hydroxylation is 1.